The molecule has 0 bridgehead atoms. The monoisotopic (exact) mass is 464 g/mol. The Morgan fingerprint density at radius 3 is 2.39 bits per heavy atom. The van der Waals surface area contributed by atoms with Gasteiger partial charge in [0.1, 0.15) is 0 Å². The van der Waals surface area contributed by atoms with Gasteiger partial charge in [0.15, 0.2) is 5.75 Å². The molecule has 0 spiro atoms. The minimum atomic E-state index is -0.809. The van der Waals surface area contributed by atoms with Gasteiger partial charge in [0.05, 0.1) is 15.7 Å². The van der Waals surface area contributed by atoms with Crippen LogP contribution in [0.4, 0.5) is 5.82 Å². The van der Waals surface area contributed by atoms with Gasteiger partial charge in [-0.2, -0.15) is 4.68 Å². The molecule has 0 saturated heterocycles. The van der Waals surface area contributed by atoms with Crippen molar-refractivity contribution in [3.63, 3.8) is 0 Å². The summed E-state index contributed by atoms with van der Waals surface area (Å²) >= 11 is 12.7. The largest absolute Gasteiger partial charge is 0.434 e. The van der Waals surface area contributed by atoms with Crippen LogP contribution in [0.5, 0.6) is 11.6 Å². The summed E-state index contributed by atoms with van der Waals surface area (Å²) in [5, 5.41) is 10.3. The van der Waals surface area contributed by atoms with Crippen LogP contribution in [0.25, 0.3) is 5.69 Å². The number of H-pyrrole nitrogens is 2. The van der Waals surface area contributed by atoms with Crippen molar-refractivity contribution in [2.24, 2.45) is 0 Å². The van der Waals surface area contributed by atoms with Gasteiger partial charge >= 0.3 is 5.69 Å². The minimum absolute atomic E-state index is 0.0580. The van der Waals surface area contributed by atoms with Crippen molar-refractivity contribution in [3.8, 4) is 17.3 Å². The van der Waals surface area contributed by atoms with Crippen LogP contribution in [0.15, 0.2) is 32.6 Å². The first-order valence-electron chi connectivity index (χ1n) is 9.44. The van der Waals surface area contributed by atoms with Crippen molar-refractivity contribution in [2.45, 2.75) is 38.0 Å². The van der Waals surface area contributed by atoms with Crippen LogP contribution >= 0.6 is 23.2 Å². The smallest absolute Gasteiger partial charge is 0.349 e. The second-order valence-corrected chi connectivity index (χ2v) is 8.43. The van der Waals surface area contributed by atoms with Gasteiger partial charge in [0.25, 0.3) is 11.1 Å². The van der Waals surface area contributed by atoms with Gasteiger partial charge in [-0.1, -0.05) is 43.0 Å². The Bertz CT molecular complexity index is 1320. The van der Waals surface area contributed by atoms with Gasteiger partial charge in [-0.15, -0.1) is 10.2 Å². The Labute approximate surface area is 185 Å². The Hall–Kier alpha value is -3.11. The predicted octanol–water partition coefficient (Wildman–Crippen LogP) is 2.52. The zero-order chi connectivity index (χ0) is 22.3. The molecule has 0 atom stereocenters. The first-order valence-corrected chi connectivity index (χ1v) is 10.2. The van der Waals surface area contributed by atoms with Gasteiger partial charge in [-0.3, -0.25) is 14.6 Å². The molecule has 1 aromatic carbocycles. The Kier molecular flexibility index (Phi) is 5.36. The molecule has 0 radical (unpaired) electrons. The van der Waals surface area contributed by atoms with Crippen molar-refractivity contribution in [1.29, 1.82) is 0 Å². The fourth-order valence-electron chi connectivity index (χ4n) is 3.77. The molecule has 31 heavy (non-hydrogen) atoms. The van der Waals surface area contributed by atoms with E-state index in [4.69, 9.17) is 33.7 Å². The summed E-state index contributed by atoms with van der Waals surface area (Å²) in [7, 11) is 0. The lowest BCUT2D eigenvalue weighted by molar-refractivity contribution is 0.438. The van der Waals surface area contributed by atoms with E-state index in [0.29, 0.717) is 5.56 Å². The lowest BCUT2D eigenvalue weighted by Crippen LogP contribution is -2.33. The molecule has 4 rings (SSSR count). The van der Waals surface area contributed by atoms with Crippen LogP contribution in [0.1, 0.15) is 38.2 Å². The summed E-state index contributed by atoms with van der Waals surface area (Å²) in [4.78, 5) is 37.8. The molecule has 1 saturated carbocycles. The van der Waals surface area contributed by atoms with Gasteiger partial charge < -0.3 is 10.5 Å². The summed E-state index contributed by atoms with van der Waals surface area (Å²) in [6.45, 7) is 2.05. The highest BCUT2D eigenvalue weighted by molar-refractivity contribution is 6.37. The molecular weight excluding hydrogens is 447 g/mol. The summed E-state index contributed by atoms with van der Waals surface area (Å²) < 4.78 is 6.63. The average molecular weight is 465 g/mol. The first kappa shape index (κ1) is 21.1. The minimum Gasteiger partial charge on any atom is -0.434 e. The number of benzene rings is 1. The second kappa shape index (κ2) is 7.86. The molecule has 162 valence electrons. The molecule has 12 heteroatoms. The maximum atomic E-state index is 12.3. The normalized spacial score (nSPS) is 15.2. The number of aromatic nitrogens is 5. The molecule has 2 aromatic heterocycles. The maximum absolute atomic E-state index is 12.3. The van der Waals surface area contributed by atoms with E-state index in [1.807, 2.05) is 11.9 Å². The van der Waals surface area contributed by atoms with E-state index in [-0.39, 0.29) is 38.3 Å². The third-order valence-corrected chi connectivity index (χ3v) is 5.99. The van der Waals surface area contributed by atoms with Crippen LogP contribution in [-0.2, 0) is 5.41 Å². The van der Waals surface area contributed by atoms with E-state index in [0.717, 1.165) is 30.4 Å². The zero-order valence-electron chi connectivity index (χ0n) is 16.4. The first-order chi connectivity index (χ1) is 14.7. The van der Waals surface area contributed by atoms with Gasteiger partial charge in [0, 0.05) is 11.6 Å². The Morgan fingerprint density at radius 2 is 1.74 bits per heavy atom. The average Bonchev–Trinajstić information content (AvgIpc) is 3.16. The number of rotatable bonds is 4. The van der Waals surface area contributed by atoms with E-state index in [1.54, 1.807) is 6.07 Å². The summed E-state index contributed by atoms with van der Waals surface area (Å²) in [6, 6.07) is 4.35. The molecule has 0 unspecified atom stereocenters. The topological polar surface area (TPSA) is 149 Å². The number of halogens is 2. The SMILES string of the molecule is CC1(c2cc(Oc3c(Cl)cc(-n4nc(N)c(=O)[nH]c4=O)cc3Cl)n[nH]c2=O)CCCC1. The van der Waals surface area contributed by atoms with Gasteiger partial charge in [-0.25, -0.2) is 9.89 Å². The molecule has 1 aliphatic rings. The number of ether oxygens (including phenoxy) is 1. The zero-order valence-corrected chi connectivity index (χ0v) is 17.9. The van der Waals surface area contributed by atoms with Crippen LogP contribution in [0.2, 0.25) is 10.0 Å². The molecule has 0 aliphatic heterocycles. The van der Waals surface area contributed by atoms with Crippen LogP contribution in [0.3, 0.4) is 0 Å². The fourth-order valence-corrected chi connectivity index (χ4v) is 4.32. The molecule has 1 aliphatic carbocycles. The maximum Gasteiger partial charge on any atom is 0.349 e. The number of aromatic amines is 2. The van der Waals surface area contributed by atoms with Crippen molar-refractivity contribution >= 4 is 29.0 Å². The number of nitrogens with zero attached hydrogens (tertiary/aromatic N) is 3. The Morgan fingerprint density at radius 1 is 1.10 bits per heavy atom. The number of hydrogen-bond acceptors (Lipinski definition) is 7. The van der Waals surface area contributed by atoms with Crippen molar-refractivity contribution in [2.75, 3.05) is 5.73 Å². The molecule has 10 nitrogen and oxygen atoms in total. The molecule has 2 heterocycles. The number of hydrogen-bond donors (Lipinski definition) is 3. The van der Waals surface area contributed by atoms with Gasteiger partial charge in [0.2, 0.25) is 11.7 Å². The summed E-state index contributed by atoms with van der Waals surface area (Å²) in [5.41, 5.74) is 4.14. The number of anilines is 1. The molecule has 1 fully saturated rings. The lowest BCUT2D eigenvalue weighted by Gasteiger charge is -2.23. The molecule has 0 amide bonds. The van der Waals surface area contributed by atoms with E-state index >= 15 is 0 Å². The van der Waals surface area contributed by atoms with Crippen molar-refractivity contribution < 1.29 is 4.74 Å². The standard InChI is InChI=1S/C19H18Cl2N6O4/c1-19(4-2-3-5-19)10-8-13(24-25-16(10)28)31-14-11(20)6-9(7-12(14)21)27-18(30)23-17(29)15(22)26-27/h6-8H,2-5H2,1H3,(H2,22,26)(H,25,28)(H,23,29,30). The van der Waals surface area contributed by atoms with Crippen molar-refractivity contribution in [3.05, 3.63) is 65.0 Å². The predicted molar refractivity (Wildman–Crippen MR) is 116 cm³/mol. The van der Waals surface area contributed by atoms with E-state index in [2.05, 4.69) is 15.3 Å². The molecule has 4 N–H and O–H groups in total. The van der Waals surface area contributed by atoms with Crippen LogP contribution < -0.4 is 27.3 Å². The third kappa shape index (κ3) is 3.96. The highest BCUT2D eigenvalue weighted by Crippen LogP contribution is 2.41. The Balaban J connectivity index is 1.71. The van der Waals surface area contributed by atoms with E-state index in [9.17, 15) is 14.4 Å². The van der Waals surface area contributed by atoms with Crippen LogP contribution in [-0.4, -0.2) is 25.0 Å². The fraction of sp³-hybridized carbons (Fsp3) is 0.316. The number of nitrogen functional groups attached to an aromatic ring is 1. The van der Waals surface area contributed by atoms with E-state index in [1.165, 1.54) is 12.1 Å². The van der Waals surface area contributed by atoms with Gasteiger partial charge in [-0.05, 0) is 30.4 Å². The number of nitrogens with one attached hydrogen (secondary N) is 2. The molecule has 3 aromatic rings. The summed E-state index contributed by atoms with van der Waals surface area (Å²) in [6.07, 6.45) is 3.91. The second-order valence-electron chi connectivity index (χ2n) is 7.61. The third-order valence-electron chi connectivity index (χ3n) is 5.42. The van der Waals surface area contributed by atoms with Crippen LogP contribution in [0, 0.1) is 0 Å². The quantitative estimate of drug-likeness (QED) is 0.536. The van der Waals surface area contributed by atoms with E-state index < -0.39 is 17.1 Å². The highest BCUT2D eigenvalue weighted by Gasteiger charge is 2.33. The van der Waals surface area contributed by atoms with Crippen molar-refractivity contribution in [1.82, 2.24) is 25.0 Å². The lowest BCUT2D eigenvalue weighted by atomic mass is 9.82. The molecular formula is C19H18Cl2N6O4. The summed E-state index contributed by atoms with van der Waals surface area (Å²) in [5.74, 6) is -0.181. The highest BCUT2D eigenvalue weighted by atomic mass is 35.5. The number of nitrogens with two attached hydrogens (primary N) is 1.